The van der Waals surface area contributed by atoms with Crippen LogP contribution >= 0.6 is 11.3 Å². The van der Waals surface area contributed by atoms with Crippen molar-refractivity contribution in [3.63, 3.8) is 0 Å². The average molecular weight is 701 g/mol. The summed E-state index contributed by atoms with van der Waals surface area (Å²) in [6.07, 6.45) is -0.548. The number of oxime groups is 1. The Labute approximate surface area is 300 Å². The molecule has 0 fully saturated rings. The van der Waals surface area contributed by atoms with Gasteiger partial charge < -0.3 is 19.4 Å². The van der Waals surface area contributed by atoms with Gasteiger partial charge in [0.1, 0.15) is 17.9 Å². The van der Waals surface area contributed by atoms with Gasteiger partial charge in [-0.2, -0.15) is 0 Å². The van der Waals surface area contributed by atoms with E-state index in [0.717, 1.165) is 27.0 Å². The number of aliphatic carboxylic acids is 1. The second kappa shape index (κ2) is 16.1. The van der Waals surface area contributed by atoms with Crippen LogP contribution in [0.5, 0.6) is 11.5 Å². The summed E-state index contributed by atoms with van der Waals surface area (Å²) in [5, 5.41) is 27.9. The Kier molecular flexibility index (Phi) is 11.0. The molecule has 1 unspecified atom stereocenters. The van der Waals surface area contributed by atoms with Crippen LogP contribution in [0, 0.1) is 12.8 Å². The van der Waals surface area contributed by atoms with E-state index < -0.39 is 24.3 Å². The summed E-state index contributed by atoms with van der Waals surface area (Å²) in [7, 11) is 0. The molecule has 0 amide bonds. The van der Waals surface area contributed by atoms with E-state index in [1.54, 1.807) is 18.4 Å². The smallest absolute Gasteiger partial charge is 0.360 e. The number of carboxylic acid groups (broad SMARTS) is 1. The SMILES string of the molecule is Cc1nc(/C(=N/OC(c2cc(OC(c3ccccc3)c3ccccc3)c(OC(c3ccccc3)c3ccccc3)c[n+]2O)C(C)C)C(=O)O)cs1. The van der Waals surface area contributed by atoms with Gasteiger partial charge in [0.2, 0.25) is 17.6 Å². The van der Waals surface area contributed by atoms with Gasteiger partial charge in [0.15, 0.2) is 5.75 Å². The van der Waals surface area contributed by atoms with Crippen LogP contribution in [0.4, 0.5) is 0 Å². The summed E-state index contributed by atoms with van der Waals surface area (Å²) in [4.78, 5) is 22.4. The van der Waals surface area contributed by atoms with Crippen LogP contribution in [0.3, 0.4) is 0 Å². The van der Waals surface area contributed by atoms with Crippen molar-refractivity contribution in [3.05, 3.63) is 178 Å². The summed E-state index contributed by atoms with van der Waals surface area (Å²) in [5.74, 6) is -0.948. The monoisotopic (exact) mass is 700 g/mol. The lowest BCUT2D eigenvalue weighted by atomic mass is 10.0. The molecule has 2 heterocycles. The number of rotatable bonds is 14. The molecule has 0 aliphatic heterocycles. The van der Waals surface area contributed by atoms with E-state index in [1.165, 1.54) is 17.5 Å². The topological polar surface area (TPSA) is 114 Å². The maximum atomic E-state index is 12.2. The predicted octanol–water partition coefficient (Wildman–Crippen LogP) is 8.52. The predicted molar refractivity (Wildman–Crippen MR) is 194 cm³/mol. The number of aryl methyl sites for hydroxylation is 1. The maximum absolute atomic E-state index is 12.2. The summed E-state index contributed by atoms with van der Waals surface area (Å²) in [5.41, 5.74) is 3.75. The molecule has 0 spiro atoms. The molecule has 51 heavy (non-hydrogen) atoms. The van der Waals surface area contributed by atoms with Gasteiger partial charge in [-0.05, 0) is 29.2 Å². The number of ether oxygens (including phenoxy) is 2. The Morgan fingerprint density at radius 2 is 1.20 bits per heavy atom. The number of pyridine rings is 1. The first-order valence-electron chi connectivity index (χ1n) is 16.5. The number of nitrogens with zero attached hydrogens (tertiary/aromatic N) is 3. The molecule has 0 bridgehead atoms. The minimum atomic E-state index is -1.28. The van der Waals surface area contributed by atoms with E-state index in [9.17, 15) is 15.1 Å². The fourth-order valence-electron chi connectivity index (χ4n) is 5.63. The quantitative estimate of drug-likeness (QED) is 0.0507. The van der Waals surface area contributed by atoms with Crippen molar-refractivity contribution in [1.29, 1.82) is 0 Å². The van der Waals surface area contributed by atoms with Crippen LogP contribution < -0.4 is 14.2 Å². The molecule has 258 valence electrons. The van der Waals surface area contributed by atoms with Gasteiger partial charge in [-0.3, -0.25) is 5.21 Å². The molecular weight excluding hydrogens is 663 g/mol. The minimum Gasteiger partial charge on any atom is -0.477 e. The molecular formula is C41H38N3O6S+. The van der Waals surface area contributed by atoms with E-state index in [1.807, 2.05) is 135 Å². The normalized spacial score (nSPS) is 12.2. The van der Waals surface area contributed by atoms with E-state index in [-0.39, 0.29) is 28.8 Å². The van der Waals surface area contributed by atoms with Crippen molar-refractivity contribution in [2.24, 2.45) is 11.1 Å². The fourth-order valence-corrected chi connectivity index (χ4v) is 6.23. The summed E-state index contributed by atoms with van der Waals surface area (Å²) < 4.78 is 14.6. The second-order valence-electron chi connectivity index (χ2n) is 12.2. The van der Waals surface area contributed by atoms with E-state index in [4.69, 9.17) is 14.3 Å². The lowest BCUT2D eigenvalue weighted by Crippen LogP contribution is -2.38. The van der Waals surface area contributed by atoms with Crippen LogP contribution in [0.25, 0.3) is 0 Å². The zero-order valence-electron chi connectivity index (χ0n) is 28.4. The van der Waals surface area contributed by atoms with Crippen LogP contribution in [0.15, 0.2) is 144 Å². The van der Waals surface area contributed by atoms with Crippen molar-refractivity contribution in [2.75, 3.05) is 0 Å². The summed E-state index contributed by atoms with van der Waals surface area (Å²) in [6, 6.07) is 41.0. The molecule has 0 saturated carbocycles. The molecule has 0 saturated heterocycles. The Bertz CT molecular complexity index is 1990. The van der Waals surface area contributed by atoms with Gasteiger partial charge >= 0.3 is 5.97 Å². The molecule has 9 nitrogen and oxygen atoms in total. The molecule has 6 aromatic rings. The highest BCUT2D eigenvalue weighted by atomic mass is 32.1. The first kappa shape index (κ1) is 34.8. The van der Waals surface area contributed by atoms with Gasteiger partial charge in [-0.1, -0.05) is 140 Å². The Balaban J connectivity index is 1.48. The van der Waals surface area contributed by atoms with Gasteiger partial charge in [-0.15, -0.1) is 11.3 Å². The Hall–Kier alpha value is -6.00. The molecule has 6 rings (SSSR count). The molecule has 0 radical (unpaired) electrons. The van der Waals surface area contributed by atoms with E-state index in [0.29, 0.717) is 10.8 Å². The van der Waals surface area contributed by atoms with Gasteiger partial charge in [-0.25, -0.2) is 9.78 Å². The van der Waals surface area contributed by atoms with Crippen molar-refractivity contribution in [1.82, 2.24) is 4.98 Å². The van der Waals surface area contributed by atoms with E-state index >= 15 is 0 Å². The van der Waals surface area contributed by atoms with E-state index in [2.05, 4.69) is 10.1 Å². The number of carboxylic acids is 1. The number of thiazole rings is 1. The third kappa shape index (κ3) is 8.42. The second-order valence-corrected chi connectivity index (χ2v) is 13.2. The number of hydrogen-bond donors (Lipinski definition) is 2. The fraction of sp³-hybridized carbons (Fsp3) is 0.171. The van der Waals surface area contributed by atoms with Crippen molar-refractivity contribution in [3.8, 4) is 11.5 Å². The Morgan fingerprint density at radius 1 is 0.745 bits per heavy atom. The largest absolute Gasteiger partial charge is 0.477 e. The third-order valence-electron chi connectivity index (χ3n) is 8.14. The van der Waals surface area contributed by atoms with Crippen LogP contribution in [-0.2, 0) is 9.63 Å². The molecule has 2 aromatic heterocycles. The summed E-state index contributed by atoms with van der Waals surface area (Å²) >= 11 is 1.31. The first-order valence-corrected chi connectivity index (χ1v) is 17.4. The minimum absolute atomic E-state index is 0.193. The lowest BCUT2D eigenvalue weighted by Gasteiger charge is -2.25. The van der Waals surface area contributed by atoms with Crippen LogP contribution in [0.1, 0.15) is 70.8 Å². The number of aromatic nitrogens is 2. The zero-order chi connectivity index (χ0) is 35.7. The summed E-state index contributed by atoms with van der Waals surface area (Å²) in [6.45, 7) is 5.55. The third-order valence-corrected chi connectivity index (χ3v) is 8.92. The highest BCUT2D eigenvalue weighted by molar-refractivity contribution is 7.09. The van der Waals surface area contributed by atoms with Crippen molar-refractivity contribution in [2.45, 2.75) is 39.1 Å². The number of hydrogen-bond acceptors (Lipinski definition) is 8. The van der Waals surface area contributed by atoms with Crippen LogP contribution in [0.2, 0.25) is 0 Å². The van der Waals surface area contributed by atoms with Crippen molar-refractivity contribution < 1.29 is 34.2 Å². The molecule has 0 aliphatic rings. The standard InChI is InChI=1S/C41H37N3O6S/c1-27(2)38(50-43-37(41(45)46)33-26-51-28(3)42-33)34-24-35(48-39(29-16-8-4-9-17-29)30-18-10-5-11-19-30)36(25-44(34)47)49-40(31-20-12-6-13-21-31)32-22-14-7-15-23-32/h4-27,38-40H,1-3H3,(H-,45,46,47)/p+1/b43-37-. The molecule has 0 aliphatic carbocycles. The Morgan fingerprint density at radius 3 is 1.59 bits per heavy atom. The maximum Gasteiger partial charge on any atom is 0.360 e. The molecule has 2 N–H and O–H groups in total. The molecule has 1 atom stereocenters. The zero-order valence-corrected chi connectivity index (χ0v) is 29.2. The van der Waals surface area contributed by atoms with Gasteiger partial charge in [0.05, 0.1) is 11.1 Å². The number of benzene rings is 4. The highest BCUT2D eigenvalue weighted by Gasteiger charge is 2.34. The lowest BCUT2D eigenvalue weighted by molar-refractivity contribution is -0.911. The number of carbonyl (C=O) groups is 1. The van der Waals surface area contributed by atoms with Gasteiger partial charge in [0.25, 0.3) is 11.9 Å². The van der Waals surface area contributed by atoms with Crippen molar-refractivity contribution >= 4 is 23.0 Å². The average Bonchev–Trinajstić information content (AvgIpc) is 3.58. The van der Waals surface area contributed by atoms with Gasteiger partial charge in [0, 0.05) is 16.0 Å². The van der Waals surface area contributed by atoms with Crippen LogP contribution in [-0.4, -0.2) is 27.0 Å². The molecule has 4 aromatic carbocycles. The first-order chi connectivity index (χ1) is 24.8. The molecule has 10 heteroatoms. The highest BCUT2D eigenvalue weighted by Crippen LogP contribution is 2.39.